The number of nitrogens with zero attached hydrogens (tertiary/aromatic N) is 4. The van der Waals surface area contributed by atoms with Crippen molar-refractivity contribution in [1.29, 1.82) is 0 Å². The van der Waals surface area contributed by atoms with Gasteiger partial charge in [-0.25, -0.2) is 4.79 Å². The molecule has 0 unspecified atom stereocenters. The number of methoxy groups -OCH3 is 1. The molecule has 2 saturated heterocycles. The average Bonchev–Trinajstić information content (AvgIpc) is 3.65. The number of unbranched alkanes of at least 4 members (excludes halogenated alkanes) is 1. The Morgan fingerprint density at radius 2 is 1.82 bits per heavy atom. The van der Waals surface area contributed by atoms with Crippen LogP contribution in [0.3, 0.4) is 0 Å². The molecule has 2 aromatic rings. The molecule has 2 fully saturated rings. The third-order valence-corrected chi connectivity index (χ3v) is 11.0. The number of nitrogen functional groups attached to an aromatic ring is 1. The number of alkyl halides is 3. The van der Waals surface area contributed by atoms with Crippen LogP contribution >= 0.6 is 0 Å². The Hall–Kier alpha value is -3.66. The van der Waals surface area contributed by atoms with Gasteiger partial charge in [0.1, 0.15) is 43.4 Å². The molecule has 12 nitrogen and oxygen atoms in total. The number of anilines is 1. The summed E-state index contributed by atoms with van der Waals surface area (Å²) >= 11 is 0. The maximum atomic E-state index is 15.2. The number of aromatic nitrogens is 3. The van der Waals surface area contributed by atoms with E-state index in [0.29, 0.717) is 37.2 Å². The van der Waals surface area contributed by atoms with Crippen LogP contribution in [0.25, 0.3) is 11.3 Å². The summed E-state index contributed by atoms with van der Waals surface area (Å²) < 4.78 is 64.7. The Labute approximate surface area is 298 Å². The first-order valence-corrected chi connectivity index (χ1v) is 17.7. The molecule has 3 heterocycles. The van der Waals surface area contributed by atoms with E-state index < -0.39 is 59.5 Å². The summed E-state index contributed by atoms with van der Waals surface area (Å²) in [4.78, 5) is 41.7. The van der Waals surface area contributed by atoms with Crippen molar-refractivity contribution in [1.82, 2.24) is 25.2 Å². The minimum atomic E-state index is -4.82. The van der Waals surface area contributed by atoms with Gasteiger partial charge in [0.05, 0.1) is 11.8 Å². The van der Waals surface area contributed by atoms with Crippen LogP contribution in [0.1, 0.15) is 67.2 Å². The van der Waals surface area contributed by atoms with Crippen LogP contribution < -0.4 is 11.1 Å². The molecule has 9 atom stereocenters. The molecule has 0 radical (unpaired) electrons. The molecule has 16 heteroatoms. The molecule has 282 valence electrons. The topological polar surface area (TPSA) is 151 Å². The van der Waals surface area contributed by atoms with E-state index in [2.05, 4.69) is 15.6 Å². The smallest absolute Gasteiger partial charge is 0.410 e. The van der Waals surface area contributed by atoms with Crippen molar-refractivity contribution >= 4 is 31.4 Å². The number of fused-ring (bicyclic) bond motifs is 1. The van der Waals surface area contributed by atoms with Crippen molar-refractivity contribution in [2.24, 2.45) is 17.8 Å². The van der Waals surface area contributed by atoms with E-state index >= 15 is 13.2 Å². The Balaban J connectivity index is 1.63. The molecule has 0 aliphatic carbocycles. The van der Waals surface area contributed by atoms with Crippen molar-refractivity contribution in [3.8, 4) is 11.3 Å². The van der Waals surface area contributed by atoms with E-state index in [-0.39, 0.29) is 37.0 Å². The number of halogens is 3. The number of amides is 1. The van der Waals surface area contributed by atoms with Crippen molar-refractivity contribution in [3.05, 3.63) is 30.5 Å². The largest absolute Gasteiger partial charge is 0.458 e. The van der Waals surface area contributed by atoms with Gasteiger partial charge >= 0.3 is 18.2 Å². The quantitative estimate of drug-likeness (QED) is 0.132. The summed E-state index contributed by atoms with van der Waals surface area (Å²) in [5.41, 5.74) is 5.10. The van der Waals surface area contributed by atoms with Crippen LogP contribution in [0, 0.1) is 17.8 Å². The number of carbonyl (C=O) groups is 3. The molecule has 2 aliphatic heterocycles. The first kappa shape index (κ1) is 40.1. The number of ketones is 1. The second-order valence-electron chi connectivity index (χ2n) is 14.7. The first-order chi connectivity index (χ1) is 23.9. The van der Waals surface area contributed by atoms with Gasteiger partial charge in [-0.2, -0.15) is 13.2 Å². The van der Waals surface area contributed by atoms with E-state index in [0.717, 1.165) is 10.5 Å². The highest BCUT2D eigenvalue weighted by Gasteiger charge is 2.64. The fourth-order valence-corrected chi connectivity index (χ4v) is 7.61. The van der Waals surface area contributed by atoms with Gasteiger partial charge in [0.25, 0.3) is 0 Å². The summed E-state index contributed by atoms with van der Waals surface area (Å²) in [5, 5.41) is 11.1. The first-order valence-electron chi connectivity index (χ1n) is 17.7. The lowest BCUT2D eigenvalue weighted by Crippen LogP contribution is -2.65. The normalized spacial score (nSPS) is 32.9. The van der Waals surface area contributed by atoms with Gasteiger partial charge in [-0.05, 0) is 76.9 Å². The van der Waals surface area contributed by atoms with Crippen LogP contribution in [0.5, 0.6) is 0 Å². The third-order valence-electron chi connectivity index (χ3n) is 11.0. The molecule has 2 aliphatic rings. The van der Waals surface area contributed by atoms with Crippen LogP contribution in [0.15, 0.2) is 30.5 Å². The minimum Gasteiger partial charge on any atom is -0.458 e. The molecular weight excluding hydrogens is 668 g/mol. The van der Waals surface area contributed by atoms with Gasteiger partial charge in [-0.1, -0.05) is 38.1 Å². The SMILES string of the molecule is B[C@@H]1[C@@H](C)C(=O)[C@@H](C)C(=O)O[C@H](CC)[C@@]2(C)OC(=O)N(CCCCn3cc(-c4cccc(N)c4)nn3)[C@@H]2[C@@H](C(F)(F)F)NC[C@H](C)C[C@@]1(C)OC. The molecule has 3 N–H and O–H groups in total. The van der Waals surface area contributed by atoms with Gasteiger partial charge in [-0.15, -0.1) is 5.10 Å². The standard InChI is InChI=1S/C35H52BF3N6O6/c1-8-26-34(6)30(45(32(48)51-34)15-10-9-14-44-19-25(42-43-44)23-12-11-13-24(40)16-23)29(35(37,38)39)41-18-20(2)17-33(5,49-7)28(36)21(3)27(46)22(4)31(47)50-26/h11-13,16,19-22,26,28-30,41H,8-10,14-15,17-18,36,40H2,1-7H3/t20-,21+,22-,26-,28-,29+,30-,33-,34-/m1/s1. The number of aryl methyl sites for hydroxylation is 1. The summed E-state index contributed by atoms with van der Waals surface area (Å²) in [6.07, 6.45) is -4.12. The maximum Gasteiger partial charge on any atom is 0.410 e. The summed E-state index contributed by atoms with van der Waals surface area (Å²) in [6, 6.07) is 3.39. The zero-order valence-corrected chi connectivity index (χ0v) is 30.8. The summed E-state index contributed by atoms with van der Waals surface area (Å²) in [7, 11) is 3.36. The Bertz CT molecular complexity index is 1550. The Kier molecular flexibility index (Phi) is 12.5. The van der Waals surface area contributed by atoms with E-state index in [1.807, 2.05) is 33.8 Å². The van der Waals surface area contributed by atoms with Gasteiger partial charge in [0.2, 0.25) is 0 Å². The molecular formula is C35H52BF3N6O6. The van der Waals surface area contributed by atoms with Crippen LogP contribution in [-0.4, -0.2) is 101 Å². The van der Waals surface area contributed by atoms with E-state index in [1.54, 1.807) is 36.9 Å². The van der Waals surface area contributed by atoms with Crippen molar-refractivity contribution in [2.75, 3.05) is 25.9 Å². The maximum absolute atomic E-state index is 15.2. The number of cyclic esters (lactones) is 1. The van der Waals surface area contributed by atoms with Gasteiger partial charge in [0, 0.05) is 37.4 Å². The predicted molar refractivity (Wildman–Crippen MR) is 187 cm³/mol. The molecule has 1 aromatic carbocycles. The van der Waals surface area contributed by atoms with Crippen molar-refractivity contribution in [3.63, 3.8) is 0 Å². The minimum absolute atomic E-state index is 0.0388. The monoisotopic (exact) mass is 720 g/mol. The second-order valence-corrected chi connectivity index (χ2v) is 14.7. The number of benzene rings is 1. The molecule has 1 aromatic heterocycles. The van der Waals surface area contributed by atoms with Gasteiger partial charge < -0.3 is 25.3 Å². The Morgan fingerprint density at radius 3 is 2.45 bits per heavy atom. The average molecular weight is 721 g/mol. The van der Waals surface area contributed by atoms with E-state index in [1.165, 1.54) is 21.0 Å². The number of nitrogens with two attached hydrogens (primary N) is 1. The van der Waals surface area contributed by atoms with Gasteiger partial charge in [-0.3, -0.25) is 19.2 Å². The van der Waals surface area contributed by atoms with Crippen molar-refractivity contribution in [2.45, 2.75) is 115 Å². The number of rotatable bonds is 8. The number of hydrogen-bond donors (Lipinski definition) is 2. The zero-order chi connectivity index (χ0) is 37.9. The van der Waals surface area contributed by atoms with E-state index in [4.69, 9.17) is 19.9 Å². The summed E-state index contributed by atoms with van der Waals surface area (Å²) in [6.45, 7) is 10.1. The second kappa shape index (κ2) is 15.9. The molecule has 1 amide bonds. The number of Topliss-reactive ketones (excluding diaryl/α,β-unsaturated/α-hetero) is 1. The van der Waals surface area contributed by atoms with Crippen LogP contribution in [0.2, 0.25) is 5.82 Å². The fraction of sp³-hybridized carbons (Fsp3) is 0.686. The van der Waals surface area contributed by atoms with Crippen LogP contribution in [-0.2, 0) is 30.3 Å². The number of hydrogen-bond acceptors (Lipinski definition) is 10. The highest BCUT2D eigenvalue weighted by atomic mass is 19.4. The summed E-state index contributed by atoms with van der Waals surface area (Å²) in [5.74, 6) is -3.76. The lowest BCUT2D eigenvalue weighted by atomic mass is 9.62. The molecule has 0 saturated carbocycles. The Morgan fingerprint density at radius 1 is 1.14 bits per heavy atom. The van der Waals surface area contributed by atoms with Crippen molar-refractivity contribution < 1.29 is 41.8 Å². The molecule has 0 spiro atoms. The number of esters is 1. The number of carbonyl (C=O) groups excluding carboxylic acids is 3. The third kappa shape index (κ3) is 8.70. The molecule has 0 bridgehead atoms. The zero-order valence-electron chi connectivity index (χ0n) is 30.8. The number of nitrogens with one attached hydrogen (secondary N) is 1. The lowest BCUT2D eigenvalue weighted by molar-refractivity contribution is -0.192. The fourth-order valence-electron chi connectivity index (χ4n) is 7.61. The number of ether oxygens (including phenoxy) is 3. The highest BCUT2D eigenvalue weighted by molar-refractivity contribution is 6.15. The van der Waals surface area contributed by atoms with Crippen LogP contribution in [0.4, 0.5) is 23.7 Å². The van der Waals surface area contributed by atoms with E-state index in [9.17, 15) is 14.4 Å². The lowest BCUT2D eigenvalue weighted by Gasteiger charge is -2.42. The molecule has 4 rings (SSSR count). The predicted octanol–water partition coefficient (Wildman–Crippen LogP) is 4.44. The van der Waals surface area contributed by atoms with Gasteiger partial charge in [0.15, 0.2) is 5.60 Å². The molecule has 51 heavy (non-hydrogen) atoms. The highest BCUT2D eigenvalue weighted by Crippen LogP contribution is 2.43.